The van der Waals surface area contributed by atoms with Crippen molar-refractivity contribution in [2.24, 2.45) is 0 Å². The molecule has 0 radical (unpaired) electrons. The monoisotopic (exact) mass is 404 g/mol. The van der Waals surface area contributed by atoms with Crippen LogP contribution in [0.1, 0.15) is 56.5 Å². The predicted molar refractivity (Wildman–Crippen MR) is 109 cm³/mol. The molecule has 0 unspecified atom stereocenters. The second-order valence-electron chi connectivity index (χ2n) is 6.39. The number of imidazole rings is 1. The lowest BCUT2D eigenvalue weighted by atomic mass is 10.2. The fourth-order valence-corrected chi connectivity index (χ4v) is 3.32. The molecule has 0 aliphatic carbocycles. The maximum Gasteiger partial charge on any atom is 0.306 e. The van der Waals surface area contributed by atoms with Crippen LogP contribution in [-0.4, -0.2) is 27.7 Å². The average Bonchev–Trinajstić information content (AvgIpc) is 3.02. The van der Waals surface area contributed by atoms with Crippen molar-refractivity contribution >= 4 is 23.7 Å². The average molecular weight is 405 g/mol. The Morgan fingerprint density at radius 2 is 1.61 bits per heavy atom. The van der Waals surface area contributed by atoms with Gasteiger partial charge in [-0.1, -0.05) is 55.9 Å². The summed E-state index contributed by atoms with van der Waals surface area (Å²) in [6, 6.07) is 10.0. The summed E-state index contributed by atoms with van der Waals surface area (Å²) in [5.74, 6) is -0.491. The molecule has 2 rings (SSSR count). The van der Waals surface area contributed by atoms with E-state index in [1.54, 1.807) is 0 Å². The summed E-state index contributed by atoms with van der Waals surface area (Å²) in [5.41, 5.74) is 2.52. The number of hydrogen-bond acceptors (Lipinski definition) is 6. The summed E-state index contributed by atoms with van der Waals surface area (Å²) in [4.78, 5) is 28.3. The van der Waals surface area contributed by atoms with Crippen LogP contribution in [0.3, 0.4) is 0 Å². The lowest BCUT2D eigenvalue weighted by molar-refractivity contribution is -0.146. The number of nitrogens with zero attached hydrogens (tertiary/aromatic N) is 2. The van der Waals surface area contributed by atoms with E-state index in [4.69, 9.17) is 9.47 Å². The van der Waals surface area contributed by atoms with Crippen molar-refractivity contribution in [2.75, 3.05) is 6.26 Å². The Balaban J connectivity index is 2.28. The summed E-state index contributed by atoms with van der Waals surface area (Å²) in [6.07, 6.45) is 4.17. The summed E-state index contributed by atoms with van der Waals surface area (Å²) >= 11 is 1.51. The van der Waals surface area contributed by atoms with Gasteiger partial charge in [0, 0.05) is 19.4 Å². The van der Waals surface area contributed by atoms with Crippen LogP contribution in [0.2, 0.25) is 0 Å². The van der Waals surface area contributed by atoms with Crippen molar-refractivity contribution in [3.05, 3.63) is 47.3 Å². The van der Waals surface area contributed by atoms with Gasteiger partial charge in [0.25, 0.3) is 0 Å². The molecule has 0 bridgehead atoms. The van der Waals surface area contributed by atoms with E-state index >= 15 is 0 Å². The van der Waals surface area contributed by atoms with Crippen LogP contribution in [0.5, 0.6) is 0 Å². The van der Waals surface area contributed by atoms with Crippen LogP contribution in [0.4, 0.5) is 0 Å². The fourth-order valence-electron chi connectivity index (χ4n) is 2.72. The number of benzene rings is 1. The highest BCUT2D eigenvalue weighted by molar-refractivity contribution is 7.98. The van der Waals surface area contributed by atoms with Crippen LogP contribution < -0.4 is 0 Å². The van der Waals surface area contributed by atoms with Crippen LogP contribution in [-0.2, 0) is 38.8 Å². The molecule has 0 aliphatic heterocycles. The number of carbonyl (C=O) groups is 2. The first-order chi connectivity index (χ1) is 13.6. The van der Waals surface area contributed by atoms with Crippen molar-refractivity contribution in [2.45, 2.75) is 64.4 Å². The SMILES string of the molecule is CCCC(=O)OCc1nc(SC)n(Cc2ccccc2)c1COC(=O)CCC. The highest BCUT2D eigenvalue weighted by Gasteiger charge is 2.20. The predicted octanol–water partition coefficient (Wildman–Crippen LogP) is 4.34. The van der Waals surface area contributed by atoms with Gasteiger partial charge in [0.1, 0.15) is 18.9 Å². The second-order valence-corrected chi connectivity index (χ2v) is 7.16. The number of ether oxygens (including phenoxy) is 2. The lowest BCUT2D eigenvalue weighted by Crippen LogP contribution is -2.12. The third kappa shape index (κ3) is 6.41. The van der Waals surface area contributed by atoms with Gasteiger partial charge in [-0.25, -0.2) is 4.98 Å². The van der Waals surface area contributed by atoms with E-state index in [9.17, 15) is 9.59 Å². The van der Waals surface area contributed by atoms with Crippen molar-refractivity contribution in [3.8, 4) is 0 Å². The van der Waals surface area contributed by atoms with Gasteiger partial charge in [-0.05, 0) is 24.7 Å². The van der Waals surface area contributed by atoms with E-state index in [0.717, 1.165) is 29.3 Å². The molecule has 1 heterocycles. The van der Waals surface area contributed by atoms with Gasteiger partial charge in [-0.15, -0.1) is 0 Å². The van der Waals surface area contributed by atoms with Gasteiger partial charge in [0.2, 0.25) is 0 Å². The molecule has 0 saturated heterocycles. The highest BCUT2D eigenvalue weighted by Crippen LogP contribution is 2.23. The zero-order valence-electron chi connectivity index (χ0n) is 16.8. The minimum atomic E-state index is -0.250. The van der Waals surface area contributed by atoms with Gasteiger partial charge in [0.15, 0.2) is 5.16 Å². The fraction of sp³-hybridized carbons (Fsp3) is 0.476. The molecule has 0 spiro atoms. The van der Waals surface area contributed by atoms with E-state index in [0.29, 0.717) is 25.1 Å². The normalized spacial score (nSPS) is 10.7. The molecule has 0 N–H and O–H groups in total. The first kappa shape index (κ1) is 22.0. The standard InChI is InChI=1S/C21H28N2O4S/c1-4-9-19(24)26-14-17-18(15-27-20(25)10-5-2)23(21(22-17)28-3)13-16-11-7-6-8-12-16/h6-8,11-12H,4-5,9-10,13-15H2,1-3H3. The summed E-state index contributed by atoms with van der Waals surface area (Å²) in [6.45, 7) is 4.66. The molecule has 152 valence electrons. The number of esters is 2. The van der Waals surface area contributed by atoms with E-state index < -0.39 is 0 Å². The molecular weight excluding hydrogens is 376 g/mol. The first-order valence-electron chi connectivity index (χ1n) is 9.56. The van der Waals surface area contributed by atoms with Crippen LogP contribution >= 0.6 is 11.8 Å². The Kier molecular flexibility index (Phi) is 9.07. The molecule has 0 atom stereocenters. The van der Waals surface area contributed by atoms with Gasteiger partial charge >= 0.3 is 11.9 Å². The molecule has 0 amide bonds. The third-order valence-corrected chi connectivity index (χ3v) is 4.81. The zero-order valence-corrected chi connectivity index (χ0v) is 17.6. The molecule has 7 heteroatoms. The molecule has 1 aromatic heterocycles. The quantitative estimate of drug-likeness (QED) is 0.410. The van der Waals surface area contributed by atoms with Gasteiger partial charge in [-0.2, -0.15) is 0 Å². The molecular formula is C21H28N2O4S. The van der Waals surface area contributed by atoms with Crippen molar-refractivity contribution in [1.29, 1.82) is 0 Å². The summed E-state index contributed by atoms with van der Waals surface area (Å²) in [7, 11) is 0. The van der Waals surface area contributed by atoms with Crippen molar-refractivity contribution < 1.29 is 19.1 Å². The third-order valence-electron chi connectivity index (χ3n) is 4.13. The zero-order chi connectivity index (χ0) is 20.4. The van der Waals surface area contributed by atoms with Crippen LogP contribution in [0, 0.1) is 0 Å². The maximum atomic E-state index is 11.9. The number of thioether (sulfide) groups is 1. The highest BCUT2D eigenvalue weighted by atomic mass is 32.2. The minimum absolute atomic E-state index is 0.0782. The topological polar surface area (TPSA) is 70.4 Å². The molecule has 2 aromatic rings. The Morgan fingerprint density at radius 1 is 1.00 bits per heavy atom. The van der Waals surface area contributed by atoms with Crippen LogP contribution in [0.25, 0.3) is 0 Å². The molecule has 0 fully saturated rings. The Morgan fingerprint density at radius 3 is 2.18 bits per heavy atom. The second kappa shape index (κ2) is 11.5. The first-order valence-corrected chi connectivity index (χ1v) is 10.8. The largest absolute Gasteiger partial charge is 0.459 e. The molecule has 6 nitrogen and oxygen atoms in total. The molecule has 0 aliphatic rings. The maximum absolute atomic E-state index is 11.9. The van der Waals surface area contributed by atoms with Crippen molar-refractivity contribution in [3.63, 3.8) is 0 Å². The molecule has 0 saturated carbocycles. The van der Waals surface area contributed by atoms with Gasteiger partial charge < -0.3 is 14.0 Å². The Labute approximate surface area is 170 Å². The Hall–Kier alpha value is -2.28. The number of carbonyl (C=O) groups excluding carboxylic acids is 2. The lowest BCUT2D eigenvalue weighted by Gasteiger charge is -2.13. The van der Waals surface area contributed by atoms with Crippen LogP contribution in [0.15, 0.2) is 35.5 Å². The van der Waals surface area contributed by atoms with E-state index in [1.807, 2.05) is 55.0 Å². The van der Waals surface area contributed by atoms with Crippen molar-refractivity contribution in [1.82, 2.24) is 9.55 Å². The molecule has 28 heavy (non-hydrogen) atoms. The summed E-state index contributed by atoms with van der Waals surface area (Å²) in [5, 5.41) is 0.798. The number of hydrogen-bond donors (Lipinski definition) is 0. The number of aromatic nitrogens is 2. The van der Waals surface area contributed by atoms with Gasteiger partial charge in [0.05, 0.1) is 5.69 Å². The smallest absolute Gasteiger partial charge is 0.306 e. The minimum Gasteiger partial charge on any atom is -0.459 e. The number of rotatable bonds is 11. The van der Waals surface area contributed by atoms with E-state index in [1.165, 1.54) is 11.8 Å². The Bertz CT molecular complexity index is 774. The van der Waals surface area contributed by atoms with E-state index in [2.05, 4.69) is 4.98 Å². The van der Waals surface area contributed by atoms with Gasteiger partial charge in [-0.3, -0.25) is 9.59 Å². The summed E-state index contributed by atoms with van der Waals surface area (Å²) < 4.78 is 12.8. The molecule has 1 aromatic carbocycles. The van der Waals surface area contributed by atoms with E-state index in [-0.39, 0.29) is 25.2 Å².